The van der Waals surface area contributed by atoms with Crippen LogP contribution in [-0.4, -0.2) is 41.1 Å². The summed E-state index contributed by atoms with van der Waals surface area (Å²) in [5.74, 6) is 0.346. The van der Waals surface area contributed by atoms with Crippen molar-refractivity contribution < 1.29 is 9.53 Å². The topological polar surface area (TPSA) is 56.2 Å². The lowest BCUT2D eigenvalue weighted by molar-refractivity contribution is 0.0940. The maximum absolute atomic E-state index is 11.5. The summed E-state index contributed by atoms with van der Waals surface area (Å²) in [6.45, 7) is 1.74. The fourth-order valence-electron chi connectivity index (χ4n) is 1.15. The Balaban J connectivity index is 2.11. The fraction of sp³-hybridized carbons (Fsp3) is 0.600. The molecule has 0 spiro atoms. The van der Waals surface area contributed by atoms with Crippen molar-refractivity contribution in [3.8, 4) is 0 Å². The first-order valence-corrected chi connectivity index (χ1v) is 5.67. The number of carbonyl (C=O) groups excluding carboxylic acids is 1. The number of alkyl halides is 1. The molecule has 0 aliphatic carbocycles. The van der Waals surface area contributed by atoms with Gasteiger partial charge in [-0.2, -0.15) is 0 Å². The molecule has 16 heavy (non-hydrogen) atoms. The highest BCUT2D eigenvalue weighted by molar-refractivity contribution is 6.17. The van der Waals surface area contributed by atoms with Crippen LogP contribution in [0.2, 0.25) is 0 Å². The number of aryl methyl sites for hydroxylation is 1. The van der Waals surface area contributed by atoms with Crippen molar-refractivity contribution in [2.24, 2.45) is 7.05 Å². The SMILES string of the molecule is Cn1cnc(C(=O)NCCCOCCCl)c1. The van der Waals surface area contributed by atoms with Crippen LogP contribution in [0, 0.1) is 0 Å². The van der Waals surface area contributed by atoms with Crippen LogP contribution < -0.4 is 5.32 Å². The van der Waals surface area contributed by atoms with Crippen LogP contribution in [0.4, 0.5) is 0 Å². The summed E-state index contributed by atoms with van der Waals surface area (Å²) in [4.78, 5) is 15.4. The van der Waals surface area contributed by atoms with Crippen LogP contribution in [0.1, 0.15) is 16.9 Å². The van der Waals surface area contributed by atoms with Crippen LogP contribution in [0.15, 0.2) is 12.5 Å². The molecule has 90 valence electrons. The molecule has 0 atom stereocenters. The van der Waals surface area contributed by atoms with Crippen molar-refractivity contribution >= 4 is 17.5 Å². The number of halogens is 1. The minimum absolute atomic E-state index is 0.155. The van der Waals surface area contributed by atoms with E-state index < -0.39 is 0 Å². The van der Waals surface area contributed by atoms with Crippen molar-refractivity contribution in [2.75, 3.05) is 25.6 Å². The van der Waals surface area contributed by atoms with E-state index in [-0.39, 0.29) is 5.91 Å². The van der Waals surface area contributed by atoms with Gasteiger partial charge in [0.1, 0.15) is 5.69 Å². The van der Waals surface area contributed by atoms with E-state index in [2.05, 4.69) is 10.3 Å². The van der Waals surface area contributed by atoms with Crippen LogP contribution in [0.3, 0.4) is 0 Å². The molecule has 0 radical (unpaired) electrons. The highest BCUT2D eigenvalue weighted by atomic mass is 35.5. The summed E-state index contributed by atoms with van der Waals surface area (Å²) >= 11 is 5.44. The Hall–Kier alpha value is -1.07. The quantitative estimate of drug-likeness (QED) is 0.571. The van der Waals surface area contributed by atoms with Crippen LogP contribution in [0.25, 0.3) is 0 Å². The summed E-state index contributed by atoms with van der Waals surface area (Å²) in [5.41, 5.74) is 0.434. The van der Waals surface area contributed by atoms with E-state index in [1.54, 1.807) is 17.1 Å². The summed E-state index contributed by atoms with van der Waals surface area (Å²) < 4.78 is 6.91. The van der Waals surface area contributed by atoms with Crippen molar-refractivity contribution in [3.63, 3.8) is 0 Å². The van der Waals surface area contributed by atoms with Gasteiger partial charge in [0.05, 0.1) is 12.9 Å². The molecule has 1 aromatic rings. The highest BCUT2D eigenvalue weighted by Crippen LogP contribution is 1.93. The lowest BCUT2D eigenvalue weighted by atomic mass is 10.4. The first kappa shape index (κ1) is 13.0. The van der Waals surface area contributed by atoms with Gasteiger partial charge in [-0.25, -0.2) is 4.98 Å². The van der Waals surface area contributed by atoms with Gasteiger partial charge >= 0.3 is 0 Å². The molecular weight excluding hydrogens is 230 g/mol. The number of nitrogens with one attached hydrogen (secondary N) is 1. The fourth-order valence-corrected chi connectivity index (χ4v) is 1.26. The van der Waals surface area contributed by atoms with Gasteiger partial charge in [0.15, 0.2) is 0 Å². The van der Waals surface area contributed by atoms with Crippen LogP contribution in [-0.2, 0) is 11.8 Å². The Kier molecular flexibility index (Phi) is 5.88. The third kappa shape index (κ3) is 4.63. The van der Waals surface area contributed by atoms with E-state index in [1.807, 2.05) is 7.05 Å². The Morgan fingerprint density at radius 1 is 1.62 bits per heavy atom. The largest absolute Gasteiger partial charge is 0.380 e. The highest BCUT2D eigenvalue weighted by Gasteiger charge is 2.06. The predicted octanol–water partition coefficient (Wildman–Crippen LogP) is 0.795. The Labute approximate surface area is 99.8 Å². The second-order valence-electron chi connectivity index (χ2n) is 3.34. The first-order chi connectivity index (χ1) is 7.74. The van der Waals surface area contributed by atoms with E-state index >= 15 is 0 Å². The molecule has 0 saturated carbocycles. The summed E-state index contributed by atoms with van der Waals surface area (Å²) in [5, 5.41) is 2.76. The number of ether oxygens (including phenoxy) is 1. The third-order valence-electron chi connectivity index (χ3n) is 1.91. The van der Waals surface area contributed by atoms with Crippen molar-refractivity contribution in [1.82, 2.24) is 14.9 Å². The molecule has 0 aliphatic rings. The number of rotatable bonds is 7. The molecule has 1 aromatic heterocycles. The van der Waals surface area contributed by atoms with Crippen molar-refractivity contribution in [3.05, 3.63) is 18.2 Å². The molecule has 6 heteroatoms. The average molecular weight is 246 g/mol. The first-order valence-electron chi connectivity index (χ1n) is 5.14. The predicted molar refractivity (Wildman–Crippen MR) is 61.7 cm³/mol. The molecule has 1 N–H and O–H groups in total. The molecule has 5 nitrogen and oxygen atoms in total. The number of hydrogen-bond donors (Lipinski definition) is 1. The minimum atomic E-state index is -0.155. The molecule has 0 unspecified atom stereocenters. The van der Waals surface area contributed by atoms with Gasteiger partial charge in [-0.15, -0.1) is 11.6 Å². The second-order valence-corrected chi connectivity index (χ2v) is 3.71. The Bertz CT molecular complexity index is 328. The van der Waals surface area contributed by atoms with Gasteiger partial charge in [0.25, 0.3) is 5.91 Å². The van der Waals surface area contributed by atoms with Crippen LogP contribution >= 0.6 is 11.6 Å². The summed E-state index contributed by atoms with van der Waals surface area (Å²) in [7, 11) is 1.82. The molecule has 0 saturated heterocycles. The Morgan fingerprint density at radius 3 is 3.06 bits per heavy atom. The lowest BCUT2D eigenvalue weighted by Crippen LogP contribution is -2.25. The zero-order valence-corrected chi connectivity index (χ0v) is 10.0. The lowest BCUT2D eigenvalue weighted by Gasteiger charge is -2.03. The van der Waals surface area contributed by atoms with Gasteiger partial charge < -0.3 is 14.6 Å². The van der Waals surface area contributed by atoms with E-state index in [0.717, 1.165) is 6.42 Å². The number of carbonyl (C=O) groups is 1. The molecule has 0 aromatic carbocycles. The second kappa shape index (κ2) is 7.24. The van der Waals surface area contributed by atoms with Crippen molar-refractivity contribution in [2.45, 2.75) is 6.42 Å². The number of amides is 1. The van der Waals surface area contributed by atoms with Gasteiger partial charge in [-0.3, -0.25) is 4.79 Å². The third-order valence-corrected chi connectivity index (χ3v) is 2.06. The molecule has 0 bridgehead atoms. The normalized spacial score (nSPS) is 10.4. The molecule has 0 aliphatic heterocycles. The van der Waals surface area contributed by atoms with Gasteiger partial charge in [-0.1, -0.05) is 0 Å². The number of nitrogens with zero attached hydrogens (tertiary/aromatic N) is 2. The van der Waals surface area contributed by atoms with Gasteiger partial charge in [-0.05, 0) is 6.42 Å². The molecule has 0 fully saturated rings. The van der Waals surface area contributed by atoms with E-state index in [9.17, 15) is 4.79 Å². The Morgan fingerprint density at radius 2 is 2.44 bits per heavy atom. The summed E-state index contributed by atoms with van der Waals surface area (Å²) in [6, 6.07) is 0. The molecule has 1 heterocycles. The van der Waals surface area contributed by atoms with E-state index in [4.69, 9.17) is 16.3 Å². The zero-order valence-electron chi connectivity index (χ0n) is 9.28. The smallest absolute Gasteiger partial charge is 0.271 e. The number of aromatic nitrogens is 2. The average Bonchev–Trinajstić information content (AvgIpc) is 2.70. The minimum Gasteiger partial charge on any atom is -0.380 e. The maximum Gasteiger partial charge on any atom is 0.271 e. The van der Waals surface area contributed by atoms with E-state index in [1.165, 1.54) is 0 Å². The number of hydrogen-bond acceptors (Lipinski definition) is 3. The standard InChI is InChI=1S/C10H16ClN3O2/c1-14-7-9(13-8-14)10(15)12-4-2-5-16-6-3-11/h7-8H,2-6H2,1H3,(H,12,15). The van der Waals surface area contributed by atoms with Crippen molar-refractivity contribution in [1.29, 1.82) is 0 Å². The number of imidazole rings is 1. The van der Waals surface area contributed by atoms with Crippen LogP contribution in [0.5, 0.6) is 0 Å². The molecular formula is C10H16ClN3O2. The van der Waals surface area contributed by atoms with Gasteiger partial charge in [0.2, 0.25) is 0 Å². The maximum atomic E-state index is 11.5. The molecule has 1 rings (SSSR count). The molecule has 1 amide bonds. The monoisotopic (exact) mass is 245 g/mol. The van der Waals surface area contributed by atoms with Gasteiger partial charge in [0, 0.05) is 32.3 Å². The summed E-state index contributed by atoms with van der Waals surface area (Å²) in [6.07, 6.45) is 4.05. The zero-order chi connectivity index (χ0) is 11.8. The van der Waals surface area contributed by atoms with E-state index in [0.29, 0.717) is 31.3 Å².